The van der Waals surface area contributed by atoms with Crippen molar-refractivity contribution in [1.82, 2.24) is 4.98 Å². The Morgan fingerprint density at radius 2 is 1.89 bits per heavy atom. The summed E-state index contributed by atoms with van der Waals surface area (Å²) in [5.41, 5.74) is 2.13. The van der Waals surface area contributed by atoms with Crippen LogP contribution in [0.1, 0.15) is 25.7 Å². The highest BCUT2D eigenvalue weighted by molar-refractivity contribution is 5.51. The summed E-state index contributed by atoms with van der Waals surface area (Å²) >= 11 is 0. The summed E-state index contributed by atoms with van der Waals surface area (Å²) in [5, 5.41) is 9.74. The van der Waals surface area contributed by atoms with Crippen molar-refractivity contribution in [3.63, 3.8) is 0 Å². The number of pyridine rings is 1. The zero-order chi connectivity index (χ0) is 13.6. The Hall–Kier alpha value is -1.47. The Morgan fingerprint density at radius 3 is 2.47 bits per heavy atom. The molecule has 2 fully saturated rings. The van der Waals surface area contributed by atoms with E-state index in [0.29, 0.717) is 12.8 Å². The van der Waals surface area contributed by atoms with E-state index in [-0.39, 0.29) is 29.8 Å². The van der Waals surface area contributed by atoms with Gasteiger partial charge in [0.25, 0.3) is 0 Å². The predicted octanol–water partition coefficient (Wildman–Crippen LogP) is 1.14. The molecule has 4 N–H and O–H groups in total. The number of aromatic nitrogens is 1. The number of halogens is 2. The first kappa shape index (κ1) is 12.6. The molecule has 19 heavy (non-hydrogen) atoms. The Morgan fingerprint density at radius 1 is 1.26 bits per heavy atom. The highest BCUT2D eigenvalue weighted by Crippen LogP contribution is 2.40. The van der Waals surface area contributed by atoms with Crippen LogP contribution in [0.15, 0.2) is 6.07 Å². The summed E-state index contributed by atoms with van der Waals surface area (Å²) in [5.74, 6) is 3.63. The van der Waals surface area contributed by atoms with E-state index < -0.39 is 11.6 Å². The van der Waals surface area contributed by atoms with E-state index >= 15 is 0 Å². The molecule has 2 bridgehead atoms. The molecule has 2 aliphatic heterocycles. The van der Waals surface area contributed by atoms with Gasteiger partial charge in [0.15, 0.2) is 23.3 Å². The molecule has 0 aromatic carbocycles. The van der Waals surface area contributed by atoms with E-state index in [1.165, 1.54) is 0 Å². The van der Waals surface area contributed by atoms with E-state index in [2.05, 4.69) is 10.4 Å². The van der Waals surface area contributed by atoms with E-state index in [1.807, 2.05) is 4.90 Å². The molecule has 0 radical (unpaired) electrons. The fourth-order valence-corrected chi connectivity index (χ4v) is 3.23. The van der Waals surface area contributed by atoms with Gasteiger partial charge in [0.1, 0.15) is 0 Å². The van der Waals surface area contributed by atoms with E-state index in [1.54, 1.807) is 0 Å². The molecular formula is C12H16F2N4O. The fraction of sp³-hybridized carbons (Fsp3) is 0.583. The zero-order valence-corrected chi connectivity index (χ0v) is 10.3. The minimum absolute atomic E-state index is 0.0619. The van der Waals surface area contributed by atoms with Crippen LogP contribution in [0, 0.1) is 11.6 Å². The summed E-state index contributed by atoms with van der Waals surface area (Å²) in [4.78, 5) is 5.80. The van der Waals surface area contributed by atoms with Crippen molar-refractivity contribution in [2.24, 2.45) is 5.84 Å². The Kier molecular flexibility index (Phi) is 3.02. The summed E-state index contributed by atoms with van der Waals surface area (Å²) in [6.07, 6.45) is 2.64. The maximum Gasteiger partial charge on any atom is 0.178 e. The third-order valence-electron chi connectivity index (χ3n) is 4.00. The van der Waals surface area contributed by atoms with Gasteiger partial charge in [-0.05, 0) is 25.7 Å². The number of nitrogens with zero attached hydrogens (tertiary/aromatic N) is 2. The highest BCUT2D eigenvalue weighted by atomic mass is 19.1. The molecule has 1 aromatic rings. The van der Waals surface area contributed by atoms with Gasteiger partial charge in [-0.1, -0.05) is 0 Å². The Bertz CT molecular complexity index is 485. The van der Waals surface area contributed by atoms with Crippen LogP contribution in [0.3, 0.4) is 0 Å². The van der Waals surface area contributed by atoms with Crippen molar-refractivity contribution in [3.05, 3.63) is 17.7 Å². The number of hydrazine groups is 1. The van der Waals surface area contributed by atoms with Crippen molar-refractivity contribution in [1.29, 1.82) is 0 Å². The van der Waals surface area contributed by atoms with Crippen LogP contribution in [-0.2, 0) is 0 Å². The Balaban J connectivity index is 1.99. The number of aliphatic hydroxyl groups excluding tert-OH is 1. The van der Waals surface area contributed by atoms with Crippen LogP contribution >= 0.6 is 0 Å². The molecule has 1 aromatic heterocycles. The highest BCUT2D eigenvalue weighted by Gasteiger charge is 2.42. The van der Waals surface area contributed by atoms with Crippen LogP contribution in [0.2, 0.25) is 0 Å². The second-order valence-electron chi connectivity index (χ2n) is 5.19. The maximum absolute atomic E-state index is 13.9. The lowest BCUT2D eigenvalue weighted by atomic mass is 10.00. The third kappa shape index (κ3) is 2.02. The summed E-state index contributed by atoms with van der Waals surface area (Å²) in [6, 6.07) is 0.917. The topological polar surface area (TPSA) is 74.4 Å². The number of nitrogens with one attached hydrogen (secondary N) is 1. The van der Waals surface area contributed by atoms with Crippen molar-refractivity contribution in [2.45, 2.75) is 43.9 Å². The average molecular weight is 270 g/mol. The third-order valence-corrected chi connectivity index (χ3v) is 4.00. The summed E-state index contributed by atoms with van der Waals surface area (Å²) in [7, 11) is 0. The minimum atomic E-state index is -0.812. The molecule has 0 aliphatic carbocycles. The first-order chi connectivity index (χ1) is 9.10. The van der Waals surface area contributed by atoms with Crippen LogP contribution < -0.4 is 16.2 Å². The van der Waals surface area contributed by atoms with Gasteiger partial charge in [-0.3, -0.25) is 0 Å². The molecule has 0 spiro atoms. The van der Waals surface area contributed by atoms with E-state index in [0.717, 1.165) is 18.9 Å². The number of nitrogens with two attached hydrogens (primary N) is 1. The molecule has 104 valence electrons. The lowest BCUT2D eigenvalue weighted by molar-refractivity contribution is 0.125. The molecule has 7 heteroatoms. The fourth-order valence-electron chi connectivity index (χ4n) is 3.23. The second kappa shape index (κ2) is 4.57. The SMILES string of the molecule is NNc1nc(N2C3CCC2CC(O)C3)c(F)cc1F. The number of piperidine rings is 1. The monoisotopic (exact) mass is 270 g/mol. The first-order valence-electron chi connectivity index (χ1n) is 6.39. The minimum Gasteiger partial charge on any atom is -0.393 e. The molecule has 0 amide bonds. The smallest absolute Gasteiger partial charge is 0.178 e. The van der Waals surface area contributed by atoms with Crippen LogP contribution in [0.5, 0.6) is 0 Å². The number of rotatable bonds is 2. The predicted molar refractivity (Wildman–Crippen MR) is 66.5 cm³/mol. The molecule has 3 rings (SSSR count). The van der Waals surface area contributed by atoms with E-state index in [9.17, 15) is 13.9 Å². The Labute approximate surface area is 109 Å². The van der Waals surface area contributed by atoms with Crippen LogP contribution in [0.25, 0.3) is 0 Å². The van der Waals surface area contributed by atoms with Gasteiger partial charge in [-0.25, -0.2) is 19.6 Å². The number of hydrogen-bond acceptors (Lipinski definition) is 5. The van der Waals surface area contributed by atoms with Crippen molar-refractivity contribution in [2.75, 3.05) is 10.3 Å². The number of anilines is 2. The van der Waals surface area contributed by atoms with Crippen molar-refractivity contribution in [3.8, 4) is 0 Å². The zero-order valence-electron chi connectivity index (χ0n) is 10.3. The first-order valence-corrected chi connectivity index (χ1v) is 6.39. The number of nitrogen functional groups attached to an aromatic ring is 1. The largest absolute Gasteiger partial charge is 0.393 e. The van der Waals surface area contributed by atoms with Gasteiger partial charge in [0, 0.05) is 18.2 Å². The van der Waals surface area contributed by atoms with Crippen molar-refractivity contribution < 1.29 is 13.9 Å². The van der Waals surface area contributed by atoms with Gasteiger partial charge in [0.05, 0.1) is 6.10 Å². The van der Waals surface area contributed by atoms with Gasteiger partial charge in [-0.2, -0.15) is 0 Å². The lowest BCUT2D eigenvalue weighted by Crippen LogP contribution is -2.45. The standard InChI is InChI=1S/C12H16F2N4O/c13-9-5-10(14)12(16-11(9)17-15)18-6-1-2-7(18)4-8(19)3-6/h5-8,19H,1-4,15H2,(H,16,17). The van der Waals surface area contributed by atoms with E-state index in [4.69, 9.17) is 5.84 Å². The van der Waals surface area contributed by atoms with Gasteiger partial charge >= 0.3 is 0 Å². The van der Waals surface area contributed by atoms with Gasteiger partial charge in [0.2, 0.25) is 0 Å². The molecular weight excluding hydrogens is 254 g/mol. The lowest BCUT2D eigenvalue weighted by Gasteiger charge is -2.38. The number of aliphatic hydroxyl groups is 1. The molecule has 2 atom stereocenters. The summed E-state index contributed by atoms with van der Waals surface area (Å²) in [6.45, 7) is 0. The van der Waals surface area contributed by atoms with Crippen molar-refractivity contribution >= 4 is 11.6 Å². The van der Waals surface area contributed by atoms with Gasteiger partial charge in [-0.15, -0.1) is 0 Å². The van der Waals surface area contributed by atoms with Gasteiger partial charge < -0.3 is 15.4 Å². The molecule has 2 unspecified atom stereocenters. The molecule has 2 aliphatic rings. The molecule has 0 saturated carbocycles. The second-order valence-corrected chi connectivity index (χ2v) is 5.19. The normalized spacial score (nSPS) is 29.7. The molecule has 5 nitrogen and oxygen atoms in total. The number of fused-ring (bicyclic) bond motifs is 2. The molecule has 3 heterocycles. The van der Waals surface area contributed by atoms with Crippen LogP contribution in [0.4, 0.5) is 20.4 Å². The quantitative estimate of drug-likeness (QED) is 0.555. The number of hydrogen-bond donors (Lipinski definition) is 3. The maximum atomic E-state index is 13.9. The average Bonchev–Trinajstić information content (AvgIpc) is 2.63. The van der Waals surface area contributed by atoms with Crippen LogP contribution in [-0.4, -0.2) is 28.3 Å². The summed E-state index contributed by atoms with van der Waals surface area (Å²) < 4.78 is 27.3. The molecule has 2 saturated heterocycles.